The zero-order chi connectivity index (χ0) is 20.4. The fraction of sp³-hybridized carbons (Fsp3) is 0.286. The number of aryl methyl sites for hydroxylation is 1. The van der Waals surface area contributed by atoms with Gasteiger partial charge in [-0.2, -0.15) is 0 Å². The molecule has 0 heterocycles. The number of esters is 1. The maximum atomic E-state index is 12.1. The van der Waals surface area contributed by atoms with Gasteiger partial charge in [0, 0.05) is 6.42 Å². The molecule has 0 aromatic heterocycles. The first kappa shape index (κ1) is 21.0. The molecule has 0 aliphatic heterocycles. The molecule has 0 saturated heterocycles. The van der Waals surface area contributed by atoms with E-state index in [4.69, 9.17) is 9.47 Å². The largest absolute Gasteiger partial charge is 0.467 e. The predicted molar refractivity (Wildman–Crippen MR) is 103 cm³/mol. The van der Waals surface area contributed by atoms with Gasteiger partial charge >= 0.3 is 12.1 Å². The van der Waals surface area contributed by atoms with E-state index < -0.39 is 24.0 Å². The number of nitrogens with one attached hydrogen (secondary N) is 2. The summed E-state index contributed by atoms with van der Waals surface area (Å²) in [5.74, 6) is -1.07. The molecule has 1 atom stereocenters. The van der Waals surface area contributed by atoms with Gasteiger partial charge in [-0.3, -0.25) is 4.79 Å². The molecule has 0 bridgehead atoms. The van der Waals surface area contributed by atoms with E-state index in [1.165, 1.54) is 7.11 Å². The minimum Gasteiger partial charge on any atom is -0.467 e. The van der Waals surface area contributed by atoms with E-state index in [-0.39, 0.29) is 19.6 Å². The molecule has 0 radical (unpaired) electrons. The molecule has 148 valence electrons. The summed E-state index contributed by atoms with van der Waals surface area (Å²) in [5, 5.41) is 4.94. The van der Waals surface area contributed by atoms with Gasteiger partial charge in [0.1, 0.15) is 19.2 Å². The SMILES string of the molecule is COC(=O)[C@H](Cc1ccc(C)cc1)NC(=O)CNC(=O)OCc1ccccc1. The molecule has 28 heavy (non-hydrogen) atoms. The van der Waals surface area contributed by atoms with Crippen molar-refractivity contribution in [2.24, 2.45) is 0 Å². The van der Waals surface area contributed by atoms with Gasteiger partial charge in [-0.05, 0) is 18.1 Å². The summed E-state index contributed by atoms with van der Waals surface area (Å²) in [6.45, 7) is 1.76. The second-order valence-corrected chi connectivity index (χ2v) is 6.25. The Balaban J connectivity index is 1.81. The van der Waals surface area contributed by atoms with Gasteiger partial charge in [0.05, 0.1) is 7.11 Å². The van der Waals surface area contributed by atoms with E-state index in [2.05, 4.69) is 10.6 Å². The molecule has 2 aromatic carbocycles. The first-order chi connectivity index (χ1) is 13.5. The van der Waals surface area contributed by atoms with Gasteiger partial charge in [0.15, 0.2) is 0 Å². The van der Waals surface area contributed by atoms with Crippen LogP contribution in [-0.4, -0.2) is 37.7 Å². The second kappa shape index (κ2) is 10.7. The van der Waals surface area contributed by atoms with E-state index in [0.717, 1.165) is 16.7 Å². The third-order valence-electron chi connectivity index (χ3n) is 3.99. The van der Waals surface area contributed by atoms with Crippen molar-refractivity contribution in [3.05, 3.63) is 71.3 Å². The molecular formula is C21H24N2O5. The van der Waals surface area contributed by atoms with E-state index in [9.17, 15) is 14.4 Å². The molecule has 0 fully saturated rings. The van der Waals surface area contributed by atoms with Crippen LogP contribution in [0.15, 0.2) is 54.6 Å². The molecule has 7 nitrogen and oxygen atoms in total. The molecule has 0 aliphatic carbocycles. The quantitative estimate of drug-likeness (QED) is 0.680. The highest BCUT2D eigenvalue weighted by atomic mass is 16.5. The van der Waals surface area contributed by atoms with Crippen molar-refractivity contribution >= 4 is 18.0 Å². The second-order valence-electron chi connectivity index (χ2n) is 6.25. The normalized spacial score (nSPS) is 11.2. The Morgan fingerprint density at radius 1 is 0.964 bits per heavy atom. The zero-order valence-corrected chi connectivity index (χ0v) is 15.9. The standard InChI is InChI=1S/C21H24N2O5/c1-15-8-10-16(11-9-15)12-18(20(25)27-2)23-19(24)13-22-21(26)28-14-17-6-4-3-5-7-17/h3-11,18H,12-14H2,1-2H3,(H,22,26)(H,23,24)/t18-/m0/s1. The van der Waals surface area contributed by atoms with Crippen molar-refractivity contribution in [2.75, 3.05) is 13.7 Å². The third-order valence-corrected chi connectivity index (χ3v) is 3.99. The molecule has 0 spiro atoms. The number of benzene rings is 2. The molecule has 0 aliphatic rings. The van der Waals surface area contributed by atoms with Crippen LogP contribution < -0.4 is 10.6 Å². The Hall–Kier alpha value is -3.35. The first-order valence-electron chi connectivity index (χ1n) is 8.85. The number of rotatable bonds is 8. The number of hydrogen-bond donors (Lipinski definition) is 2. The maximum Gasteiger partial charge on any atom is 0.407 e. The molecule has 2 amide bonds. The Kier molecular flexibility index (Phi) is 8.02. The topological polar surface area (TPSA) is 93.7 Å². The van der Waals surface area contributed by atoms with Crippen molar-refractivity contribution in [3.63, 3.8) is 0 Å². The first-order valence-corrected chi connectivity index (χ1v) is 8.85. The van der Waals surface area contributed by atoms with Crippen LogP contribution in [0.3, 0.4) is 0 Å². The summed E-state index contributed by atoms with van der Waals surface area (Å²) in [7, 11) is 1.26. The molecule has 7 heteroatoms. The zero-order valence-electron chi connectivity index (χ0n) is 15.9. The summed E-state index contributed by atoms with van der Waals surface area (Å²) < 4.78 is 9.79. The number of alkyl carbamates (subject to hydrolysis) is 1. The van der Waals surface area contributed by atoms with Crippen LogP contribution in [0.5, 0.6) is 0 Å². The summed E-state index contributed by atoms with van der Waals surface area (Å²) >= 11 is 0. The Morgan fingerprint density at radius 2 is 1.64 bits per heavy atom. The molecule has 2 aromatic rings. The van der Waals surface area contributed by atoms with Gasteiger partial charge in [-0.25, -0.2) is 9.59 Å². The smallest absolute Gasteiger partial charge is 0.407 e. The Bertz CT molecular complexity index is 790. The van der Waals surface area contributed by atoms with Crippen LogP contribution >= 0.6 is 0 Å². The van der Waals surface area contributed by atoms with Crippen LogP contribution in [0, 0.1) is 6.92 Å². The number of hydrogen-bond acceptors (Lipinski definition) is 5. The van der Waals surface area contributed by atoms with Gasteiger partial charge in [0.2, 0.25) is 5.91 Å². The minimum atomic E-state index is -0.845. The lowest BCUT2D eigenvalue weighted by Gasteiger charge is -2.17. The van der Waals surface area contributed by atoms with Crippen LogP contribution in [0.25, 0.3) is 0 Å². The van der Waals surface area contributed by atoms with Gasteiger partial charge < -0.3 is 20.1 Å². The summed E-state index contributed by atoms with van der Waals surface area (Å²) in [6, 6.07) is 16.0. The van der Waals surface area contributed by atoms with E-state index in [1.54, 1.807) is 0 Å². The average molecular weight is 384 g/mol. The highest BCUT2D eigenvalue weighted by molar-refractivity contribution is 5.87. The fourth-order valence-corrected chi connectivity index (χ4v) is 2.47. The van der Waals surface area contributed by atoms with Crippen LogP contribution in [0.4, 0.5) is 4.79 Å². The lowest BCUT2D eigenvalue weighted by atomic mass is 10.0. The van der Waals surface area contributed by atoms with Crippen LogP contribution in [0.1, 0.15) is 16.7 Å². The van der Waals surface area contributed by atoms with Crippen molar-refractivity contribution in [2.45, 2.75) is 26.0 Å². The summed E-state index contributed by atoms with van der Waals surface area (Å²) in [4.78, 5) is 35.8. The van der Waals surface area contributed by atoms with E-state index in [0.29, 0.717) is 0 Å². The monoisotopic (exact) mass is 384 g/mol. The van der Waals surface area contributed by atoms with Crippen molar-refractivity contribution in [1.29, 1.82) is 0 Å². The molecule has 0 unspecified atom stereocenters. The Morgan fingerprint density at radius 3 is 2.29 bits per heavy atom. The van der Waals surface area contributed by atoms with Crippen molar-refractivity contribution in [1.82, 2.24) is 10.6 Å². The minimum absolute atomic E-state index is 0.104. The lowest BCUT2D eigenvalue weighted by molar-refractivity contribution is -0.144. The van der Waals surface area contributed by atoms with E-state index in [1.807, 2.05) is 61.5 Å². The number of carbonyl (C=O) groups excluding carboxylic acids is 3. The van der Waals surface area contributed by atoms with Crippen LogP contribution in [-0.2, 0) is 32.1 Å². The highest BCUT2D eigenvalue weighted by Gasteiger charge is 2.22. The lowest BCUT2D eigenvalue weighted by Crippen LogP contribution is -2.47. The molecular weight excluding hydrogens is 360 g/mol. The van der Waals surface area contributed by atoms with Crippen molar-refractivity contribution < 1.29 is 23.9 Å². The average Bonchev–Trinajstić information content (AvgIpc) is 2.72. The Labute approximate surface area is 164 Å². The summed E-state index contributed by atoms with van der Waals surface area (Å²) in [6.07, 6.45) is -0.427. The third kappa shape index (κ3) is 7.11. The predicted octanol–water partition coefficient (Wildman–Crippen LogP) is 2.12. The van der Waals surface area contributed by atoms with Gasteiger partial charge in [-0.15, -0.1) is 0 Å². The maximum absolute atomic E-state index is 12.1. The number of carbonyl (C=O) groups is 3. The molecule has 0 saturated carbocycles. The fourth-order valence-electron chi connectivity index (χ4n) is 2.47. The van der Waals surface area contributed by atoms with Gasteiger partial charge in [0.25, 0.3) is 0 Å². The number of ether oxygens (including phenoxy) is 2. The summed E-state index contributed by atoms with van der Waals surface area (Å²) in [5.41, 5.74) is 2.82. The van der Waals surface area contributed by atoms with E-state index >= 15 is 0 Å². The van der Waals surface area contributed by atoms with Crippen molar-refractivity contribution in [3.8, 4) is 0 Å². The molecule has 2 N–H and O–H groups in total. The number of methoxy groups -OCH3 is 1. The van der Waals surface area contributed by atoms with Crippen LogP contribution in [0.2, 0.25) is 0 Å². The van der Waals surface area contributed by atoms with Gasteiger partial charge in [-0.1, -0.05) is 60.2 Å². The number of amides is 2. The highest BCUT2D eigenvalue weighted by Crippen LogP contribution is 2.07. The molecule has 2 rings (SSSR count).